The molecule has 1 aliphatic carbocycles. The zero-order valence-electron chi connectivity index (χ0n) is 12.3. The molecule has 1 aliphatic rings. The molecule has 2 rings (SSSR count). The van der Waals surface area contributed by atoms with Gasteiger partial charge in [-0.25, -0.2) is 17.9 Å². The summed E-state index contributed by atoms with van der Waals surface area (Å²) < 4.78 is 31.8. The number of sulfonamides is 1. The fourth-order valence-corrected chi connectivity index (χ4v) is 3.53. The van der Waals surface area contributed by atoms with Gasteiger partial charge in [0.2, 0.25) is 10.0 Å². The first-order chi connectivity index (χ1) is 10.4. The predicted octanol–water partition coefficient (Wildman–Crippen LogP) is 2.91. The second-order valence-corrected chi connectivity index (χ2v) is 7.24. The number of esters is 1. The van der Waals surface area contributed by atoms with Crippen LogP contribution in [0.15, 0.2) is 34.7 Å². The Morgan fingerprint density at radius 1 is 1.36 bits per heavy atom. The van der Waals surface area contributed by atoms with E-state index in [0.29, 0.717) is 6.54 Å². The minimum absolute atomic E-state index is 0.00582. The third-order valence-corrected chi connectivity index (χ3v) is 5.26. The number of rotatable bonds is 5. The molecule has 0 saturated heterocycles. The van der Waals surface area contributed by atoms with Gasteiger partial charge in [0.1, 0.15) is 0 Å². The number of hydrogen-bond donors (Lipinski definition) is 1. The molecule has 0 unspecified atom stereocenters. The average molecular weight is 344 g/mol. The van der Waals surface area contributed by atoms with Crippen LogP contribution < -0.4 is 4.72 Å². The molecule has 0 aliphatic heterocycles. The van der Waals surface area contributed by atoms with E-state index in [1.165, 1.54) is 25.3 Å². The first-order valence-electron chi connectivity index (χ1n) is 6.99. The SMILES string of the molecule is COC(=O)c1cc(S(=O)(=O)NCC2=CCCCC2)ccc1Cl. The molecule has 120 valence electrons. The molecule has 0 heterocycles. The number of carbonyl (C=O) groups is 1. The van der Waals surface area contributed by atoms with Gasteiger partial charge in [0, 0.05) is 6.54 Å². The highest BCUT2D eigenvalue weighted by atomic mass is 35.5. The number of benzene rings is 1. The molecule has 0 bridgehead atoms. The Hall–Kier alpha value is -1.37. The maximum absolute atomic E-state index is 12.3. The van der Waals surface area contributed by atoms with Crippen LogP contribution in [0.5, 0.6) is 0 Å². The maximum Gasteiger partial charge on any atom is 0.339 e. The topological polar surface area (TPSA) is 72.5 Å². The van der Waals surface area contributed by atoms with Crippen LogP contribution in [-0.4, -0.2) is 28.0 Å². The Morgan fingerprint density at radius 3 is 2.77 bits per heavy atom. The van der Waals surface area contributed by atoms with Crippen molar-refractivity contribution >= 4 is 27.6 Å². The molecule has 22 heavy (non-hydrogen) atoms. The van der Waals surface area contributed by atoms with Crippen molar-refractivity contribution in [2.45, 2.75) is 30.6 Å². The molecule has 0 fully saturated rings. The van der Waals surface area contributed by atoms with Gasteiger partial charge in [-0.3, -0.25) is 0 Å². The van der Waals surface area contributed by atoms with E-state index in [2.05, 4.69) is 15.5 Å². The van der Waals surface area contributed by atoms with Gasteiger partial charge in [-0.2, -0.15) is 0 Å². The Bertz CT molecular complexity index is 697. The fraction of sp³-hybridized carbons (Fsp3) is 0.400. The summed E-state index contributed by atoms with van der Waals surface area (Å²) in [6.45, 7) is 0.290. The van der Waals surface area contributed by atoms with Crippen molar-refractivity contribution in [2.75, 3.05) is 13.7 Å². The first kappa shape index (κ1) is 17.0. The van der Waals surface area contributed by atoms with Crippen LogP contribution in [0.2, 0.25) is 5.02 Å². The molecule has 0 spiro atoms. The second-order valence-electron chi connectivity index (χ2n) is 5.07. The lowest BCUT2D eigenvalue weighted by Crippen LogP contribution is -2.26. The van der Waals surface area contributed by atoms with Gasteiger partial charge in [0.15, 0.2) is 0 Å². The van der Waals surface area contributed by atoms with Gasteiger partial charge in [-0.15, -0.1) is 0 Å². The van der Waals surface area contributed by atoms with Crippen LogP contribution >= 0.6 is 11.6 Å². The minimum Gasteiger partial charge on any atom is -0.465 e. The molecule has 1 N–H and O–H groups in total. The number of halogens is 1. The van der Waals surface area contributed by atoms with E-state index < -0.39 is 16.0 Å². The van der Waals surface area contributed by atoms with Crippen molar-refractivity contribution in [1.82, 2.24) is 4.72 Å². The van der Waals surface area contributed by atoms with Crippen molar-refractivity contribution in [1.29, 1.82) is 0 Å². The van der Waals surface area contributed by atoms with Gasteiger partial charge < -0.3 is 4.74 Å². The average Bonchev–Trinajstić information content (AvgIpc) is 2.53. The number of carbonyl (C=O) groups excluding carboxylic acids is 1. The third kappa shape index (κ3) is 4.09. The smallest absolute Gasteiger partial charge is 0.339 e. The van der Waals surface area contributed by atoms with Gasteiger partial charge in [0.25, 0.3) is 0 Å². The Morgan fingerprint density at radius 2 is 2.14 bits per heavy atom. The highest BCUT2D eigenvalue weighted by Gasteiger charge is 2.19. The van der Waals surface area contributed by atoms with E-state index in [9.17, 15) is 13.2 Å². The molecule has 1 aromatic carbocycles. The zero-order chi connectivity index (χ0) is 16.2. The number of allylic oxidation sites excluding steroid dienone is 1. The van der Waals surface area contributed by atoms with E-state index in [1.807, 2.05) is 0 Å². The highest BCUT2D eigenvalue weighted by molar-refractivity contribution is 7.89. The van der Waals surface area contributed by atoms with Crippen molar-refractivity contribution in [3.05, 3.63) is 40.4 Å². The monoisotopic (exact) mass is 343 g/mol. The van der Waals surface area contributed by atoms with Crippen LogP contribution in [-0.2, 0) is 14.8 Å². The van der Waals surface area contributed by atoms with Crippen LogP contribution in [0.25, 0.3) is 0 Å². The number of hydrogen-bond acceptors (Lipinski definition) is 4. The van der Waals surface area contributed by atoms with Crippen molar-refractivity contribution in [3.63, 3.8) is 0 Å². The van der Waals surface area contributed by atoms with E-state index in [-0.39, 0.29) is 15.5 Å². The van der Waals surface area contributed by atoms with Crippen LogP contribution in [0.1, 0.15) is 36.0 Å². The molecule has 0 saturated carbocycles. The summed E-state index contributed by atoms with van der Waals surface area (Å²) in [5.74, 6) is -0.669. The quantitative estimate of drug-likeness (QED) is 0.659. The first-order valence-corrected chi connectivity index (χ1v) is 8.85. The molecular weight excluding hydrogens is 326 g/mol. The summed E-state index contributed by atoms with van der Waals surface area (Å²) in [5, 5.41) is 0.154. The number of ether oxygens (including phenoxy) is 1. The van der Waals surface area contributed by atoms with Crippen LogP contribution in [0, 0.1) is 0 Å². The summed E-state index contributed by atoms with van der Waals surface area (Å²) in [4.78, 5) is 11.6. The molecule has 0 radical (unpaired) electrons. The summed E-state index contributed by atoms with van der Waals surface area (Å²) >= 11 is 5.89. The minimum atomic E-state index is -3.70. The molecule has 1 aromatic rings. The van der Waals surface area contributed by atoms with E-state index >= 15 is 0 Å². The largest absolute Gasteiger partial charge is 0.465 e. The van der Waals surface area contributed by atoms with E-state index in [1.54, 1.807) is 0 Å². The lowest BCUT2D eigenvalue weighted by atomic mass is 10.0. The molecule has 0 amide bonds. The van der Waals surface area contributed by atoms with Crippen LogP contribution in [0.3, 0.4) is 0 Å². The van der Waals surface area contributed by atoms with Gasteiger partial charge in [-0.05, 0) is 43.9 Å². The summed E-state index contributed by atoms with van der Waals surface area (Å²) in [7, 11) is -2.48. The maximum atomic E-state index is 12.3. The zero-order valence-corrected chi connectivity index (χ0v) is 13.8. The van der Waals surface area contributed by atoms with E-state index in [4.69, 9.17) is 11.6 Å². The summed E-state index contributed by atoms with van der Waals surface area (Å²) in [5.41, 5.74) is 1.13. The van der Waals surface area contributed by atoms with Gasteiger partial charge >= 0.3 is 5.97 Å². The molecule has 7 heteroatoms. The molecule has 0 aromatic heterocycles. The Labute approximate surface area is 135 Å². The van der Waals surface area contributed by atoms with Crippen LogP contribution in [0.4, 0.5) is 0 Å². The van der Waals surface area contributed by atoms with Crippen molar-refractivity contribution in [2.24, 2.45) is 0 Å². The fourth-order valence-electron chi connectivity index (χ4n) is 2.27. The Kier molecular flexibility index (Phi) is 5.61. The van der Waals surface area contributed by atoms with Crippen molar-refractivity contribution in [3.8, 4) is 0 Å². The predicted molar refractivity (Wildman–Crippen MR) is 84.5 cm³/mol. The number of methoxy groups -OCH3 is 1. The normalized spacial score (nSPS) is 15.3. The second kappa shape index (κ2) is 7.26. The summed E-state index contributed by atoms with van der Waals surface area (Å²) in [6, 6.07) is 3.97. The van der Waals surface area contributed by atoms with Gasteiger partial charge in [-0.1, -0.05) is 23.3 Å². The van der Waals surface area contributed by atoms with Crippen molar-refractivity contribution < 1.29 is 17.9 Å². The molecule has 0 atom stereocenters. The lowest BCUT2D eigenvalue weighted by Gasteiger charge is -2.14. The number of nitrogens with one attached hydrogen (secondary N) is 1. The molecule has 5 nitrogen and oxygen atoms in total. The standard InChI is InChI=1S/C15H18ClNO4S/c1-21-15(18)13-9-12(7-8-14(13)16)22(19,20)17-10-11-5-3-2-4-6-11/h5,7-9,17H,2-4,6,10H2,1H3. The third-order valence-electron chi connectivity index (χ3n) is 3.53. The van der Waals surface area contributed by atoms with E-state index in [0.717, 1.165) is 31.3 Å². The van der Waals surface area contributed by atoms with Gasteiger partial charge in [0.05, 0.1) is 22.6 Å². The Balaban J connectivity index is 2.18. The summed E-state index contributed by atoms with van der Waals surface area (Å²) in [6.07, 6.45) is 6.21. The molecular formula is C15H18ClNO4S. The highest BCUT2D eigenvalue weighted by Crippen LogP contribution is 2.22. The lowest BCUT2D eigenvalue weighted by molar-refractivity contribution is 0.0600.